The van der Waals surface area contributed by atoms with Crippen molar-refractivity contribution in [1.29, 1.82) is 0 Å². The van der Waals surface area contributed by atoms with Gasteiger partial charge in [0.05, 0.1) is 6.61 Å². The SMILES string of the molecule is CCCCCCCCCCCCc1ccc(C(=O)C(=O)Nc2ccccc2)c(-c2ccccc2OCC)c1. The summed E-state index contributed by atoms with van der Waals surface area (Å²) in [5.41, 5.74) is 3.73. The lowest BCUT2D eigenvalue weighted by molar-refractivity contribution is -0.112. The van der Waals surface area contributed by atoms with E-state index >= 15 is 0 Å². The van der Waals surface area contributed by atoms with Crippen LogP contribution < -0.4 is 10.1 Å². The number of rotatable bonds is 17. The van der Waals surface area contributed by atoms with Crippen molar-refractivity contribution in [3.05, 3.63) is 83.9 Å². The molecule has 4 nitrogen and oxygen atoms in total. The van der Waals surface area contributed by atoms with E-state index in [0.29, 0.717) is 23.6 Å². The van der Waals surface area contributed by atoms with Gasteiger partial charge in [-0.1, -0.05) is 113 Å². The smallest absolute Gasteiger partial charge is 0.296 e. The van der Waals surface area contributed by atoms with E-state index in [2.05, 4.69) is 18.3 Å². The van der Waals surface area contributed by atoms with Crippen molar-refractivity contribution in [1.82, 2.24) is 0 Å². The second-order valence-corrected chi connectivity index (χ2v) is 9.89. The summed E-state index contributed by atoms with van der Waals surface area (Å²) < 4.78 is 5.88. The van der Waals surface area contributed by atoms with E-state index in [-0.39, 0.29) is 0 Å². The van der Waals surface area contributed by atoms with Gasteiger partial charge < -0.3 is 10.1 Å². The molecule has 0 spiro atoms. The van der Waals surface area contributed by atoms with Gasteiger partial charge in [0, 0.05) is 16.8 Å². The number of ether oxygens (including phenoxy) is 1. The molecule has 0 bridgehead atoms. The predicted octanol–water partition coefficient (Wildman–Crippen LogP) is 9.04. The third-order valence-corrected chi connectivity index (χ3v) is 6.86. The minimum atomic E-state index is -0.645. The first kappa shape index (κ1) is 29.2. The van der Waals surface area contributed by atoms with Crippen molar-refractivity contribution in [2.45, 2.75) is 84.5 Å². The quantitative estimate of drug-likeness (QED) is 0.111. The molecule has 0 saturated heterocycles. The van der Waals surface area contributed by atoms with Crippen LogP contribution in [-0.4, -0.2) is 18.3 Å². The number of amides is 1. The Balaban J connectivity index is 1.69. The lowest BCUT2D eigenvalue weighted by Crippen LogP contribution is -2.23. The molecule has 0 radical (unpaired) electrons. The molecular weight excluding hydrogens is 470 g/mol. The van der Waals surface area contributed by atoms with Crippen LogP contribution in [0.25, 0.3) is 11.1 Å². The number of para-hydroxylation sites is 2. The summed E-state index contributed by atoms with van der Waals surface area (Å²) in [6.07, 6.45) is 13.9. The molecule has 0 saturated carbocycles. The van der Waals surface area contributed by atoms with Crippen molar-refractivity contribution >= 4 is 17.4 Å². The average Bonchev–Trinajstić information content (AvgIpc) is 2.94. The number of hydrogen-bond donors (Lipinski definition) is 1. The first-order valence-corrected chi connectivity index (χ1v) is 14.4. The van der Waals surface area contributed by atoms with Gasteiger partial charge >= 0.3 is 0 Å². The van der Waals surface area contributed by atoms with Gasteiger partial charge in [-0.25, -0.2) is 0 Å². The largest absolute Gasteiger partial charge is 0.493 e. The molecular formula is C34H43NO3. The van der Waals surface area contributed by atoms with Gasteiger partial charge in [-0.05, 0) is 55.2 Å². The Hall–Kier alpha value is -3.40. The van der Waals surface area contributed by atoms with E-state index in [1.54, 1.807) is 18.2 Å². The zero-order valence-electron chi connectivity index (χ0n) is 23.1. The molecule has 0 aliphatic rings. The summed E-state index contributed by atoms with van der Waals surface area (Å²) in [5, 5.41) is 2.73. The van der Waals surface area contributed by atoms with Crippen molar-refractivity contribution in [2.75, 3.05) is 11.9 Å². The number of carbonyl (C=O) groups is 2. The van der Waals surface area contributed by atoms with E-state index < -0.39 is 11.7 Å². The third kappa shape index (κ3) is 9.16. The number of benzene rings is 3. The van der Waals surface area contributed by atoms with Crippen molar-refractivity contribution < 1.29 is 14.3 Å². The molecule has 202 valence electrons. The molecule has 0 aromatic heterocycles. The van der Waals surface area contributed by atoms with Gasteiger partial charge in [0.1, 0.15) is 5.75 Å². The Labute approximate surface area is 228 Å². The van der Waals surface area contributed by atoms with Crippen molar-refractivity contribution in [2.24, 2.45) is 0 Å². The summed E-state index contributed by atoms with van der Waals surface area (Å²) in [5.74, 6) is -0.488. The molecule has 3 aromatic carbocycles. The van der Waals surface area contributed by atoms with Crippen molar-refractivity contribution in [3.8, 4) is 16.9 Å². The zero-order valence-corrected chi connectivity index (χ0v) is 23.1. The van der Waals surface area contributed by atoms with Crippen LogP contribution in [0.5, 0.6) is 5.75 Å². The van der Waals surface area contributed by atoms with Crippen LogP contribution in [0.2, 0.25) is 0 Å². The molecule has 3 aromatic rings. The minimum Gasteiger partial charge on any atom is -0.493 e. The van der Waals surface area contributed by atoms with Crippen LogP contribution in [0.1, 0.15) is 94.0 Å². The molecule has 0 aliphatic carbocycles. The first-order chi connectivity index (χ1) is 18.6. The molecule has 0 atom stereocenters. The number of nitrogens with one attached hydrogen (secondary N) is 1. The molecule has 1 N–H and O–H groups in total. The molecule has 38 heavy (non-hydrogen) atoms. The van der Waals surface area contributed by atoms with Crippen LogP contribution in [0, 0.1) is 0 Å². The number of ketones is 1. The fourth-order valence-electron chi connectivity index (χ4n) is 4.79. The van der Waals surface area contributed by atoms with Crippen LogP contribution >= 0.6 is 0 Å². The van der Waals surface area contributed by atoms with Crippen LogP contribution in [0.4, 0.5) is 5.69 Å². The lowest BCUT2D eigenvalue weighted by atomic mass is 9.92. The standard InChI is InChI=1S/C34H43NO3/c1-3-5-6-7-8-9-10-11-12-14-19-27-24-25-30(33(36)34(37)35-28-20-15-13-16-21-28)31(26-27)29-22-17-18-23-32(29)38-4-2/h13,15-18,20-26H,3-12,14,19H2,1-2H3,(H,35,37). The van der Waals surface area contributed by atoms with Gasteiger partial charge in [-0.3, -0.25) is 9.59 Å². The number of unbranched alkanes of at least 4 members (excludes halogenated alkanes) is 9. The van der Waals surface area contributed by atoms with Gasteiger partial charge in [0.15, 0.2) is 0 Å². The number of aryl methyl sites for hydroxylation is 1. The van der Waals surface area contributed by atoms with E-state index in [9.17, 15) is 9.59 Å². The minimum absolute atomic E-state index is 0.386. The fourth-order valence-corrected chi connectivity index (χ4v) is 4.79. The summed E-state index contributed by atoms with van der Waals surface area (Å²) >= 11 is 0. The van der Waals surface area contributed by atoms with E-state index in [1.807, 2.05) is 55.5 Å². The van der Waals surface area contributed by atoms with E-state index in [0.717, 1.165) is 24.0 Å². The lowest BCUT2D eigenvalue weighted by Gasteiger charge is -2.15. The number of carbonyl (C=O) groups excluding carboxylic acids is 2. The molecule has 0 fully saturated rings. The fraction of sp³-hybridized carbons (Fsp3) is 0.412. The highest BCUT2D eigenvalue weighted by molar-refractivity contribution is 6.47. The molecule has 3 rings (SSSR count). The van der Waals surface area contributed by atoms with Gasteiger partial charge in [0.25, 0.3) is 11.7 Å². The second-order valence-electron chi connectivity index (χ2n) is 9.89. The molecule has 4 heteroatoms. The summed E-state index contributed by atoms with van der Waals surface area (Å²) in [6.45, 7) is 4.72. The molecule has 0 unspecified atom stereocenters. The highest BCUT2D eigenvalue weighted by atomic mass is 16.5. The van der Waals surface area contributed by atoms with E-state index in [4.69, 9.17) is 4.74 Å². The Bertz CT molecular complexity index is 1140. The molecule has 0 aliphatic heterocycles. The molecule has 0 heterocycles. The maximum atomic E-state index is 13.3. The zero-order chi connectivity index (χ0) is 27.0. The highest BCUT2D eigenvalue weighted by Crippen LogP contribution is 2.34. The Kier molecular flexibility index (Phi) is 12.6. The van der Waals surface area contributed by atoms with E-state index in [1.165, 1.54) is 63.4 Å². The maximum absolute atomic E-state index is 13.3. The Morgan fingerprint density at radius 1 is 0.684 bits per heavy atom. The van der Waals surface area contributed by atoms with Gasteiger partial charge in [-0.15, -0.1) is 0 Å². The second kappa shape index (κ2) is 16.4. The summed E-state index contributed by atoms with van der Waals surface area (Å²) in [6, 6.07) is 22.6. The third-order valence-electron chi connectivity index (χ3n) is 6.86. The number of anilines is 1. The highest BCUT2D eigenvalue weighted by Gasteiger charge is 2.22. The number of Topliss-reactive ketones (excluding diaryl/α,β-unsaturated/α-hetero) is 1. The van der Waals surface area contributed by atoms with Gasteiger partial charge in [0.2, 0.25) is 0 Å². The van der Waals surface area contributed by atoms with Crippen molar-refractivity contribution in [3.63, 3.8) is 0 Å². The molecule has 1 amide bonds. The Morgan fingerprint density at radius 3 is 2.00 bits per heavy atom. The maximum Gasteiger partial charge on any atom is 0.296 e. The first-order valence-electron chi connectivity index (χ1n) is 14.4. The van der Waals surface area contributed by atoms with Crippen LogP contribution in [-0.2, 0) is 11.2 Å². The summed E-state index contributed by atoms with van der Waals surface area (Å²) in [7, 11) is 0. The average molecular weight is 514 g/mol. The number of hydrogen-bond acceptors (Lipinski definition) is 3. The van der Waals surface area contributed by atoms with Crippen LogP contribution in [0.15, 0.2) is 72.8 Å². The van der Waals surface area contributed by atoms with Gasteiger partial charge in [-0.2, -0.15) is 0 Å². The predicted molar refractivity (Wildman–Crippen MR) is 158 cm³/mol. The summed E-state index contributed by atoms with van der Waals surface area (Å²) in [4.78, 5) is 26.2. The Morgan fingerprint density at radius 2 is 1.32 bits per heavy atom. The monoisotopic (exact) mass is 513 g/mol. The van der Waals surface area contributed by atoms with Crippen LogP contribution in [0.3, 0.4) is 0 Å². The topological polar surface area (TPSA) is 55.4 Å². The normalized spacial score (nSPS) is 10.8.